The molecule has 0 aromatic heterocycles. The van der Waals surface area contributed by atoms with Crippen LogP contribution in [0.1, 0.15) is 26.2 Å². The Balaban J connectivity index is 2.06. The highest BCUT2D eigenvalue weighted by Crippen LogP contribution is 2.34. The van der Waals surface area contributed by atoms with E-state index in [1.54, 1.807) is 6.08 Å². The summed E-state index contributed by atoms with van der Waals surface area (Å²) in [5.74, 6) is -0.259. The number of carbonyl (C=O) groups is 2. The van der Waals surface area contributed by atoms with Crippen molar-refractivity contribution < 1.29 is 19.1 Å². The van der Waals surface area contributed by atoms with Crippen LogP contribution in [-0.2, 0) is 19.1 Å². The predicted octanol–water partition coefficient (Wildman–Crippen LogP) is 2.03. The molecule has 1 atom stereocenters. The molecular weight excluding hydrogens is 220 g/mol. The van der Waals surface area contributed by atoms with Gasteiger partial charge in [0.2, 0.25) is 0 Å². The first-order valence-corrected chi connectivity index (χ1v) is 5.40. The van der Waals surface area contributed by atoms with Gasteiger partial charge < -0.3 is 9.47 Å². The van der Waals surface area contributed by atoms with Gasteiger partial charge >= 0.3 is 11.9 Å². The lowest BCUT2D eigenvalue weighted by atomic mass is 9.95. The molecule has 2 aliphatic heterocycles. The predicted molar refractivity (Wildman–Crippen MR) is 60.8 cm³/mol. The maximum atomic E-state index is 11.3. The van der Waals surface area contributed by atoms with Crippen molar-refractivity contribution in [1.82, 2.24) is 0 Å². The van der Waals surface area contributed by atoms with Crippen LogP contribution in [0.25, 0.3) is 0 Å². The van der Waals surface area contributed by atoms with Crippen LogP contribution in [0.4, 0.5) is 0 Å². The first kappa shape index (κ1) is 11.6. The zero-order valence-electron chi connectivity index (χ0n) is 9.75. The van der Waals surface area contributed by atoms with Crippen molar-refractivity contribution >= 4 is 11.9 Å². The first-order chi connectivity index (χ1) is 7.89. The molecule has 4 heteroatoms. The molecule has 1 unspecified atom stereocenters. The Hall–Kier alpha value is -1.84. The standard InChI is InChI=1S/C13H14O4/c1-8-7-13(3,17-11(8)14)5-4-10-6-9(2)16-12(10)15/h4H,1-2,5-7H2,3H3/b10-4+. The summed E-state index contributed by atoms with van der Waals surface area (Å²) in [7, 11) is 0. The Kier molecular flexibility index (Phi) is 2.65. The van der Waals surface area contributed by atoms with E-state index in [2.05, 4.69) is 13.2 Å². The van der Waals surface area contributed by atoms with Gasteiger partial charge in [0.25, 0.3) is 0 Å². The van der Waals surface area contributed by atoms with Gasteiger partial charge in [0.1, 0.15) is 11.4 Å². The number of rotatable bonds is 2. The van der Waals surface area contributed by atoms with Gasteiger partial charge in [0.05, 0.1) is 0 Å². The molecule has 0 aliphatic carbocycles. The van der Waals surface area contributed by atoms with Crippen LogP contribution < -0.4 is 0 Å². The third kappa shape index (κ3) is 2.30. The normalized spacial score (nSPS) is 31.0. The second-order valence-corrected chi connectivity index (χ2v) is 4.66. The lowest BCUT2D eigenvalue weighted by Crippen LogP contribution is -2.22. The maximum Gasteiger partial charge on any atom is 0.339 e. The van der Waals surface area contributed by atoms with E-state index in [4.69, 9.17) is 9.47 Å². The summed E-state index contributed by atoms with van der Waals surface area (Å²) in [6, 6.07) is 0. The smallest absolute Gasteiger partial charge is 0.339 e. The van der Waals surface area contributed by atoms with Gasteiger partial charge in [-0.15, -0.1) is 0 Å². The Labute approximate surface area is 99.6 Å². The van der Waals surface area contributed by atoms with Crippen LogP contribution in [0, 0.1) is 0 Å². The summed E-state index contributed by atoms with van der Waals surface area (Å²) in [6.07, 6.45) is 3.16. The molecule has 2 aliphatic rings. The molecule has 90 valence electrons. The Morgan fingerprint density at radius 3 is 2.53 bits per heavy atom. The van der Waals surface area contributed by atoms with E-state index in [0.29, 0.717) is 36.2 Å². The van der Waals surface area contributed by atoms with Gasteiger partial charge in [0, 0.05) is 30.4 Å². The number of esters is 2. The molecule has 0 amide bonds. The largest absolute Gasteiger partial charge is 0.455 e. The van der Waals surface area contributed by atoms with Crippen LogP contribution >= 0.6 is 0 Å². The highest BCUT2D eigenvalue weighted by molar-refractivity contribution is 5.92. The number of ether oxygens (including phenoxy) is 2. The fourth-order valence-corrected chi connectivity index (χ4v) is 1.98. The minimum Gasteiger partial charge on any atom is -0.455 e. The Morgan fingerprint density at radius 1 is 1.35 bits per heavy atom. The van der Waals surface area contributed by atoms with Gasteiger partial charge in [-0.25, -0.2) is 9.59 Å². The molecule has 0 radical (unpaired) electrons. The SMILES string of the molecule is C=C1C/C(=C\CC2(C)CC(=C)C(=O)O2)C(=O)O1. The van der Waals surface area contributed by atoms with Crippen molar-refractivity contribution in [2.24, 2.45) is 0 Å². The molecule has 0 aromatic carbocycles. The van der Waals surface area contributed by atoms with E-state index >= 15 is 0 Å². The quantitative estimate of drug-likeness (QED) is 0.542. The summed E-state index contributed by atoms with van der Waals surface area (Å²) >= 11 is 0. The van der Waals surface area contributed by atoms with E-state index in [9.17, 15) is 9.59 Å². The molecule has 17 heavy (non-hydrogen) atoms. The summed E-state index contributed by atoms with van der Waals surface area (Å²) in [5, 5.41) is 0. The Bertz CT molecular complexity index is 440. The average molecular weight is 234 g/mol. The minimum absolute atomic E-state index is 0.357. The molecule has 0 bridgehead atoms. The van der Waals surface area contributed by atoms with Crippen molar-refractivity contribution in [2.45, 2.75) is 31.8 Å². The average Bonchev–Trinajstić information content (AvgIpc) is 2.66. The summed E-state index contributed by atoms with van der Waals surface area (Å²) in [4.78, 5) is 22.6. The highest BCUT2D eigenvalue weighted by atomic mass is 16.6. The van der Waals surface area contributed by atoms with E-state index in [-0.39, 0.29) is 11.9 Å². The van der Waals surface area contributed by atoms with E-state index in [1.807, 2.05) is 6.92 Å². The third-order valence-corrected chi connectivity index (χ3v) is 2.88. The second kappa shape index (κ2) is 3.87. The van der Waals surface area contributed by atoms with Crippen molar-refractivity contribution in [3.63, 3.8) is 0 Å². The third-order valence-electron chi connectivity index (χ3n) is 2.88. The molecule has 4 nitrogen and oxygen atoms in total. The molecule has 2 heterocycles. The fraction of sp³-hybridized carbons (Fsp3) is 0.385. The zero-order chi connectivity index (χ0) is 12.6. The van der Waals surface area contributed by atoms with Crippen LogP contribution in [0.5, 0.6) is 0 Å². The summed E-state index contributed by atoms with van der Waals surface area (Å²) in [5.41, 5.74) is 0.458. The lowest BCUT2D eigenvalue weighted by molar-refractivity contribution is -0.144. The molecule has 0 spiro atoms. The van der Waals surface area contributed by atoms with Crippen molar-refractivity contribution in [2.75, 3.05) is 0 Å². The maximum absolute atomic E-state index is 11.3. The van der Waals surface area contributed by atoms with Crippen molar-refractivity contribution in [3.05, 3.63) is 36.1 Å². The minimum atomic E-state index is -0.592. The molecule has 2 rings (SSSR count). The fourth-order valence-electron chi connectivity index (χ4n) is 1.98. The van der Waals surface area contributed by atoms with Crippen LogP contribution in [0.3, 0.4) is 0 Å². The molecule has 0 saturated carbocycles. The second-order valence-electron chi connectivity index (χ2n) is 4.66. The molecule has 0 N–H and O–H groups in total. The van der Waals surface area contributed by atoms with E-state index < -0.39 is 5.60 Å². The number of hydrogen-bond donors (Lipinski definition) is 0. The van der Waals surface area contributed by atoms with Gasteiger partial charge in [-0.1, -0.05) is 19.2 Å². The molecule has 2 fully saturated rings. The van der Waals surface area contributed by atoms with Gasteiger partial charge in [-0.3, -0.25) is 0 Å². The molecule has 0 aromatic rings. The van der Waals surface area contributed by atoms with Gasteiger partial charge in [0.15, 0.2) is 0 Å². The zero-order valence-corrected chi connectivity index (χ0v) is 9.75. The van der Waals surface area contributed by atoms with Gasteiger partial charge in [-0.05, 0) is 6.92 Å². The molecular formula is C13H14O4. The van der Waals surface area contributed by atoms with Crippen LogP contribution in [0.15, 0.2) is 36.1 Å². The lowest BCUT2D eigenvalue weighted by Gasteiger charge is -2.19. The van der Waals surface area contributed by atoms with E-state index in [0.717, 1.165) is 0 Å². The van der Waals surface area contributed by atoms with Crippen molar-refractivity contribution in [3.8, 4) is 0 Å². The van der Waals surface area contributed by atoms with Gasteiger partial charge in [-0.2, -0.15) is 0 Å². The number of carbonyl (C=O) groups excluding carboxylic acids is 2. The van der Waals surface area contributed by atoms with Crippen LogP contribution in [-0.4, -0.2) is 17.5 Å². The Morgan fingerprint density at radius 2 is 2.06 bits per heavy atom. The monoisotopic (exact) mass is 234 g/mol. The van der Waals surface area contributed by atoms with E-state index in [1.165, 1.54) is 0 Å². The summed E-state index contributed by atoms with van der Waals surface area (Å²) < 4.78 is 10.1. The molecule has 2 saturated heterocycles. The number of hydrogen-bond acceptors (Lipinski definition) is 4. The number of cyclic esters (lactones) is 2. The first-order valence-electron chi connectivity index (χ1n) is 5.40. The highest BCUT2D eigenvalue weighted by Gasteiger charge is 2.38. The summed E-state index contributed by atoms with van der Waals surface area (Å²) in [6.45, 7) is 9.06. The number of allylic oxidation sites excluding steroid dienone is 1. The van der Waals surface area contributed by atoms with Crippen LogP contribution in [0.2, 0.25) is 0 Å². The topological polar surface area (TPSA) is 52.6 Å². The van der Waals surface area contributed by atoms with Crippen molar-refractivity contribution in [1.29, 1.82) is 0 Å².